The highest BCUT2D eigenvalue weighted by molar-refractivity contribution is 7.85. The van der Waals surface area contributed by atoms with Gasteiger partial charge in [0.05, 0.1) is 33.8 Å². The molecular weight excluding hydrogens is 400 g/mol. The predicted octanol–water partition coefficient (Wildman–Crippen LogP) is 4.29. The summed E-state index contributed by atoms with van der Waals surface area (Å²) in [5.74, 6) is 1.75. The minimum absolute atomic E-state index is 0.204. The number of benzene rings is 2. The number of hydrogen-bond acceptors (Lipinski definition) is 5. The highest BCUT2D eigenvalue weighted by atomic mass is 32.2. The monoisotopic (exact) mass is 428 g/mol. The van der Waals surface area contributed by atoms with E-state index in [1.165, 1.54) is 0 Å². The predicted molar refractivity (Wildman–Crippen MR) is 115 cm³/mol. The number of aryl methyl sites for hydroxylation is 2. The molecule has 2 unspecified atom stereocenters. The third-order valence-electron chi connectivity index (χ3n) is 5.71. The summed E-state index contributed by atoms with van der Waals surface area (Å²) in [5.41, 5.74) is 4.22. The van der Waals surface area contributed by atoms with Crippen LogP contribution >= 0.6 is 0 Å². The van der Waals surface area contributed by atoms with Crippen molar-refractivity contribution in [3.63, 3.8) is 0 Å². The van der Waals surface area contributed by atoms with Crippen molar-refractivity contribution in [2.24, 2.45) is 0 Å². The molecule has 0 aromatic heterocycles. The summed E-state index contributed by atoms with van der Waals surface area (Å²) in [7, 11) is -1.18. The lowest BCUT2D eigenvalue weighted by atomic mass is 9.98. The van der Waals surface area contributed by atoms with Gasteiger partial charge in [0.1, 0.15) is 36.9 Å². The van der Waals surface area contributed by atoms with Gasteiger partial charge in [0.15, 0.2) is 0 Å². The molecule has 0 amide bonds. The summed E-state index contributed by atoms with van der Waals surface area (Å²) in [5, 5.41) is 0. The minimum Gasteiger partial charge on any atom is -0.490 e. The number of hydrogen-bond donors (Lipinski definition) is 0. The van der Waals surface area contributed by atoms with Crippen molar-refractivity contribution < 1.29 is 23.2 Å². The lowest BCUT2D eigenvalue weighted by molar-refractivity contribution is 0.260. The second-order valence-electron chi connectivity index (χ2n) is 8.21. The van der Waals surface area contributed by atoms with Crippen LogP contribution in [0.1, 0.15) is 37.8 Å². The second kappa shape index (κ2) is 8.33. The van der Waals surface area contributed by atoms with Gasteiger partial charge in [0, 0.05) is 11.1 Å². The van der Waals surface area contributed by atoms with E-state index in [9.17, 15) is 4.21 Å². The molecule has 2 saturated heterocycles. The molecule has 2 aromatic rings. The first kappa shape index (κ1) is 20.0. The van der Waals surface area contributed by atoms with Gasteiger partial charge in [0.2, 0.25) is 0 Å². The Morgan fingerprint density at radius 3 is 1.63 bits per heavy atom. The second-order valence-corrected chi connectivity index (χ2v) is 9.63. The Morgan fingerprint density at radius 2 is 1.27 bits per heavy atom. The van der Waals surface area contributed by atoms with E-state index in [0.29, 0.717) is 13.2 Å². The molecule has 0 radical (unpaired) electrons. The van der Waals surface area contributed by atoms with Crippen LogP contribution < -0.4 is 9.47 Å². The van der Waals surface area contributed by atoms with Gasteiger partial charge in [-0.15, -0.1) is 0 Å². The van der Waals surface area contributed by atoms with Crippen molar-refractivity contribution in [1.82, 2.24) is 0 Å². The molecule has 0 saturated carbocycles. The Hall–Kier alpha value is -1.89. The first-order chi connectivity index (χ1) is 14.7. The maximum Gasteiger partial charge on any atom is 0.123 e. The van der Waals surface area contributed by atoms with Gasteiger partial charge in [-0.3, -0.25) is 0 Å². The maximum absolute atomic E-state index is 13.4. The van der Waals surface area contributed by atoms with Gasteiger partial charge in [0.25, 0.3) is 0 Å². The smallest absolute Gasteiger partial charge is 0.123 e. The van der Waals surface area contributed by atoms with Gasteiger partial charge < -0.3 is 18.9 Å². The lowest BCUT2D eigenvalue weighted by Crippen LogP contribution is -2.06. The largest absolute Gasteiger partial charge is 0.490 e. The first-order valence-electron chi connectivity index (χ1n) is 10.9. The Labute approximate surface area is 180 Å². The average Bonchev–Trinajstić information content (AvgIpc) is 3.66. The molecule has 2 atom stereocenters. The quantitative estimate of drug-likeness (QED) is 0.451. The Kier molecular flexibility index (Phi) is 5.56. The zero-order valence-electron chi connectivity index (χ0n) is 17.6. The number of fused-ring (bicyclic) bond motifs is 3. The van der Waals surface area contributed by atoms with Crippen molar-refractivity contribution in [1.29, 1.82) is 0 Å². The van der Waals surface area contributed by atoms with Gasteiger partial charge in [-0.05, 0) is 48.2 Å². The summed E-state index contributed by atoms with van der Waals surface area (Å²) < 4.78 is 36.2. The van der Waals surface area contributed by atoms with Crippen LogP contribution in [0.2, 0.25) is 0 Å². The molecule has 5 nitrogen and oxygen atoms in total. The van der Waals surface area contributed by atoms with Crippen LogP contribution in [0.5, 0.6) is 11.5 Å². The third-order valence-corrected chi connectivity index (χ3v) is 7.18. The molecule has 2 fully saturated rings. The summed E-state index contributed by atoms with van der Waals surface area (Å²) >= 11 is 0. The fourth-order valence-corrected chi connectivity index (χ4v) is 5.42. The number of ether oxygens (including phenoxy) is 4. The molecule has 0 aliphatic carbocycles. The molecule has 6 heteroatoms. The molecular formula is C24H28O5S. The van der Waals surface area contributed by atoms with Crippen LogP contribution in [0.4, 0.5) is 0 Å². The van der Waals surface area contributed by atoms with Crippen LogP contribution in [-0.2, 0) is 33.1 Å². The Bertz CT molecular complexity index is 901. The van der Waals surface area contributed by atoms with Crippen LogP contribution in [-0.4, -0.2) is 42.8 Å². The van der Waals surface area contributed by atoms with Crippen LogP contribution in [0.15, 0.2) is 34.1 Å². The van der Waals surface area contributed by atoms with Crippen LogP contribution in [0.3, 0.4) is 0 Å². The topological polar surface area (TPSA) is 60.6 Å². The Morgan fingerprint density at radius 1 is 0.833 bits per heavy atom. The highest BCUT2D eigenvalue weighted by Crippen LogP contribution is 2.46. The van der Waals surface area contributed by atoms with Gasteiger partial charge in [-0.25, -0.2) is 4.21 Å². The van der Waals surface area contributed by atoms with Crippen LogP contribution in [0.25, 0.3) is 11.1 Å². The summed E-state index contributed by atoms with van der Waals surface area (Å²) in [6, 6.07) is 8.30. The molecule has 160 valence electrons. The van der Waals surface area contributed by atoms with E-state index in [2.05, 4.69) is 38.1 Å². The third kappa shape index (κ3) is 4.01. The average molecular weight is 429 g/mol. The van der Waals surface area contributed by atoms with Crippen LogP contribution in [0, 0.1) is 0 Å². The molecule has 2 aromatic carbocycles. The molecule has 0 bridgehead atoms. The van der Waals surface area contributed by atoms with Gasteiger partial charge in [-0.1, -0.05) is 26.7 Å². The van der Waals surface area contributed by atoms with E-state index >= 15 is 0 Å². The first-order valence-corrected chi connectivity index (χ1v) is 12.1. The van der Waals surface area contributed by atoms with E-state index in [4.69, 9.17) is 18.9 Å². The maximum atomic E-state index is 13.4. The van der Waals surface area contributed by atoms with E-state index in [1.54, 1.807) is 0 Å². The highest BCUT2D eigenvalue weighted by Gasteiger charge is 2.31. The molecule has 3 heterocycles. The normalized spacial score (nSPS) is 23.1. The van der Waals surface area contributed by atoms with E-state index in [-0.39, 0.29) is 12.2 Å². The zero-order valence-corrected chi connectivity index (χ0v) is 18.4. The van der Waals surface area contributed by atoms with Crippen molar-refractivity contribution in [2.45, 2.75) is 61.5 Å². The van der Waals surface area contributed by atoms with E-state index in [1.807, 2.05) is 0 Å². The van der Waals surface area contributed by atoms with Crippen molar-refractivity contribution in [3.8, 4) is 22.6 Å². The van der Waals surface area contributed by atoms with Crippen molar-refractivity contribution in [2.75, 3.05) is 26.4 Å². The Balaban J connectivity index is 1.53. The molecule has 0 N–H and O–H groups in total. The molecule has 3 aliphatic heterocycles. The van der Waals surface area contributed by atoms with Crippen molar-refractivity contribution in [3.05, 3.63) is 35.4 Å². The molecule has 0 spiro atoms. The summed E-state index contributed by atoms with van der Waals surface area (Å²) in [6.45, 7) is 6.97. The van der Waals surface area contributed by atoms with E-state index < -0.39 is 10.8 Å². The number of epoxide rings is 2. The molecule has 5 rings (SSSR count). The summed E-state index contributed by atoms with van der Waals surface area (Å²) in [4.78, 5) is 1.77. The SMILES string of the molecule is CCCc1cc2c(cc1OCC1CO1)-c1cc(OCC3CO3)c(CCC)cc1S2=O. The molecule has 3 aliphatic rings. The minimum atomic E-state index is -1.18. The van der Waals surface area contributed by atoms with Crippen molar-refractivity contribution >= 4 is 10.8 Å². The fraction of sp³-hybridized carbons (Fsp3) is 0.500. The van der Waals surface area contributed by atoms with Gasteiger partial charge in [-0.2, -0.15) is 0 Å². The number of rotatable bonds is 10. The summed E-state index contributed by atoms with van der Waals surface area (Å²) in [6.07, 6.45) is 4.23. The zero-order chi connectivity index (χ0) is 20.7. The van der Waals surface area contributed by atoms with E-state index in [0.717, 1.165) is 82.4 Å². The van der Waals surface area contributed by atoms with Gasteiger partial charge >= 0.3 is 0 Å². The standard InChI is InChI=1S/C24H28O5S/c1-3-5-15-7-23-19(9-21(15)28-13-17-11-26-17)20-10-22(29-14-18-12-27-18)16(6-4-2)8-24(20)30(23)25/h7-10,17-18H,3-6,11-14H2,1-2H3. The lowest BCUT2D eigenvalue weighted by Gasteiger charge is -2.14. The molecule has 30 heavy (non-hydrogen) atoms. The fourth-order valence-electron chi connectivity index (χ4n) is 3.94.